The zero-order valence-electron chi connectivity index (χ0n) is 16.8. The van der Waals surface area contributed by atoms with Gasteiger partial charge in [0.2, 0.25) is 0 Å². The molecule has 0 radical (unpaired) electrons. The maximum atomic E-state index is 4.89. The summed E-state index contributed by atoms with van der Waals surface area (Å²) < 4.78 is 2.05. The average Bonchev–Trinajstić information content (AvgIpc) is 2.90. The summed E-state index contributed by atoms with van der Waals surface area (Å²) in [5.41, 5.74) is 8.93. The second kappa shape index (κ2) is 7.90. The summed E-state index contributed by atoms with van der Waals surface area (Å²) in [6, 6.07) is 11.1. The molecule has 0 unspecified atom stereocenters. The van der Waals surface area contributed by atoms with Crippen molar-refractivity contribution in [2.45, 2.75) is 53.4 Å². The van der Waals surface area contributed by atoms with Gasteiger partial charge in [-0.1, -0.05) is 67.8 Å². The van der Waals surface area contributed by atoms with Gasteiger partial charge in [0.1, 0.15) is 5.52 Å². The van der Waals surface area contributed by atoms with Gasteiger partial charge in [0, 0.05) is 30.1 Å². The van der Waals surface area contributed by atoms with Crippen LogP contribution in [-0.2, 0) is 13.5 Å². The lowest BCUT2D eigenvalue weighted by Crippen LogP contribution is -1.96. The third-order valence-corrected chi connectivity index (χ3v) is 5.14. The highest BCUT2D eigenvalue weighted by atomic mass is 15.3. The van der Waals surface area contributed by atoms with Crippen molar-refractivity contribution in [3.05, 3.63) is 64.9 Å². The fourth-order valence-corrected chi connectivity index (χ4v) is 3.95. The zero-order chi connectivity index (χ0) is 18.7. The highest BCUT2D eigenvalue weighted by molar-refractivity contribution is 5.96. The van der Waals surface area contributed by atoms with Crippen LogP contribution in [0.15, 0.2) is 42.5 Å². The van der Waals surface area contributed by atoms with E-state index in [-0.39, 0.29) is 0 Å². The van der Waals surface area contributed by atoms with Gasteiger partial charge in [-0.05, 0) is 43.9 Å². The third kappa shape index (κ3) is 3.60. The molecule has 0 saturated carbocycles. The van der Waals surface area contributed by atoms with Crippen LogP contribution in [0.5, 0.6) is 0 Å². The van der Waals surface area contributed by atoms with E-state index < -0.39 is 0 Å². The molecule has 2 nitrogen and oxygen atoms in total. The SMILES string of the molecule is CCCCC=CCc1c2cccc(-c3c(C)cc(C)cc3C)c2nn1C. The molecule has 3 aromatic rings. The Morgan fingerprint density at radius 2 is 1.77 bits per heavy atom. The minimum Gasteiger partial charge on any atom is -0.271 e. The lowest BCUT2D eigenvalue weighted by Gasteiger charge is -2.12. The summed E-state index contributed by atoms with van der Waals surface area (Å²) in [6.45, 7) is 8.80. The van der Waals surface area contributed by atoms with E-state index in [4.69, 9.17) is 5.10 Å². The first-order valence-corrected chi connectivity index (χ1v) is 9.70. The van der Waals surface area contributed by atoms with Crippen LogP contribution in [0.3, 0.4) is 0 Å². The number of rotatable bonds is 6. The van der Waals surface area contributed by atoms with Gasteiger partial charge in [0.15, 0.2) is 0 Å². The van der Waals surface area contributed by atoms with Crippen LogP contribution >= 0.6 is 0 Å². The van der Waals surface area contributed by atoms with Crippen LogP contribution in [0.1, 0.15) is 48.6 Å². The molecule has 136 valence electrons. The van der Waals surface area contributed by atoms with Crippen molar-refractivity contribution in [3.63, 3.8) is 0 Å². The number of nitrogens with zero attached hydrogens (tertiary/aromatic N) is 2. The normalized spacial score (nSPS) is 11.7. The molecule has 0 amide bonds. The van der Waals surface area contributed by atoms with Crippen LogP contribution in [0.2, 0.25) is 0 Å². The van der Waals surface area contributed by atoms with Crippen LogP contribution in [-0.4, -0.2) is 9.78 Å². The Morgan fingerprint density at radius 1 is 1.04 bits per heavy atom. The molecule has 0 spiro atoms. The number of hydrogen-bond donors (Lipinski definition) is 0. The molecule has 2 heteroatoms. The number of aromatic nitrogens is 2. The van der Waals surface area contributed by atoms with Crippen LogP contribution in [0.25, 0.3) is 22.0 Å². The third-order valence-electron chi connectivity index (χ3n) is 5.14. The molecule has 1 heterocycles. The maximum Gasteiger partial charge on any atom is 0.100 e. The van der Waals surface area contributed by atoms with Crippen molar-refractivity contribution in [2.24, 2.45) is 7.05 Å². The quantitative estimate of drug-likeness (QED) is 0.370. The first kappa shape index (κ1) is 18.4. The largest absolute Gasteiger partial charge is 0.271 e. The predicted molar refractivity (Wildman–Crippen MR) is 113 cm³/mol. The van der Waals surface area contributed by atoms with Crippen molar-refractivity contribution in [3.8, 4) is 11.1 Å². The number of allylic oxidation sites excluding steroid dienone is 2. The standard InChI is InChI=1S/C24H30N2/c1-6-7-8-9-10-14-22-20-12-11-13-21(24(20)25-26(22)5)23-18(3)15-17(2)16-19(23)4/h9-13,15-16H,6-8,14H2,1-5H3. The summed E-state index contributed by atoms with van der Waals surface area (Å²) >= 11 is 0. The second-order valence-corrected chi connectivity index (χ2v) is 7.36. The van der Waals surface area contributed by atoms with Gasteiger partial charge in [-0.3, -0.25) is 4.68 Å². The minimum absolute atomic E-state index is 0.937. The number of benzene rings is 2. The Balaban J connectivity index is 2.05. The topological polar surface area (TPSA) is 17.8 Å². The predicted octanol–water partition coefficient (Wildman–Crippen LogP) is 6.45. The van der Waals surface area contributed by atoms with Crippen molar-refractivity contribution < 1.29 is 0 Å². The highest BCUT2D eigenvalue weighted by Crippen LogP contribution is 2.34. The Morgan fingerprint density at radius 3 is 2.46 bits per heavy atom. The molecular weight excluding hydrogens is 316 g/mol. The molecule has 1 aromatic heterocycles. The van der Waals surface area contributed by atoms with Gasteiger partial charge in [0.25, 0.3) is 0 Å². The van der Waals surface area contributed by atoms with E-state index >= 15 is 0 Å². The molecular formula is C24H30N2. The molecule has 0 fully saturated rings. The van der Waals surface area contributed by atoms with Crippen molar-refractivity contribution in [1.29, 1.82) is 0 Å². The fourth-order valence-electron chi connectivity index (χ4n) is 3.95. The molecule has 0 N–H and O–H groups in total. The number of hydrogen-bond acceptors (Lipinski definition) is 1. The van der Waals surface area contributed by atoms with E-state index in [9.17, 15) is 0 Å². The second-order valence-electron chi connectivity index (χ2n) is 7.36. The number of aryl methyl sites for hydroxylation is 4. The lowest BCUT2D eigenvalue weighted by molar-refractivity contribution is 0.737. The fraction of sp³-hybridized carbons (Fsp3) is 0.375. The van der Waals surface area contributed by atoms with Crippen molar-refractivity contribution in [1.82, 2.24) is 9.78 Å². The molecule has 0 aliphatic carbocycles. The average molecular weight is 347 g/mol. The zero-order valence-corrected chi connectivity index (χ0v) is 16.8. The van der Waals surface area contributed by atoms with E-state index in [1.54, 1.807) is 0 Å². The molecule has 2 aromatic carbocycles. The molecule has 0 aliphatic rings. The van der Waals surface area contributed by atoms with Crippen molar-refractivity contribution >= 4 is 10.9 Å². The minimum atomic E-state index is 0.937. The molecule has 3 rings (SSSR count). The Labute approximate surface area is 157 Å². The molecule has 26 heavy (non-hydrogen) atoms. The van der Waals surface area contributed by atoms with E-state index in [1.807, 2.05) is 0 Å². The van der Waals surface area contributed by atoms with Gasteiger partial charge in [0.05, 0.1) is 0 Å². The smallest absolute Gasteiger partial charge is 0.100 e. The first-order chi connectivity index (χ1) is 12.5. The lowest BCUT2D eigenvalue weighted by atomic mass is 9.92. The first-order valence-electron chi connectivity index (χ1n) is 9.70. The van der Waals surface area contributed by atoms with Gasteiger partial charge in [-0.15, -0.1) is 0 Å². The van der Waals surface area contributed by atoms with Crippen molar-refractivity contribution in [2.75, 3.05) is 0 Å². The van der Waals surface area contributed by atoms with E-state index in [1.165, 1.54) is 58.2 Å². The van der Waals surface area contributed by atoms with Crippen LogP contribution in [0.4, 0.5) is 0 Å². The summed E-state index contributed by atoms with van der Waals surface area (Å²) in [4.78, 5) is 0. The summed E-state index contributed by atoms with van der Waals surface area (Å²) in [6.07, 6.45) is 9.21. The highest BCUT2D eigenvalue weighted by Gasteiger charge is 2.15. The molecule has 0 bridgehead atoms. The van der Waals surface area contributed by atoms with E-state index in [0.29, 0.717) is 0 Å². The molecule has 0 atom stereocenters. The van der Waals surface area contributed by atoms with E-state index in [0.717, 1.165) is 11.9 Å². The maximum absolute atomic E-state index is 4.89. The van der Waals surface area contributed by atoms with Gasteiger partial charge < -0.3 is 0 Å². The van der Waals surface area contributed by atoms with E-state index in [2.05, 4.69) is 81.9 Å². The van der Waals surface area contributed by atoms with Gasteiger partial charge >= 0.3 is 0 Å². The Hall–Kier alpha value is -2.35. The summed E-state index contributed by atoms with van der Waals surface area (Å²) in [5, 5.41) is 6.16. The van der Waals surface area contributed by atoms with Crippen LogP contribution in [0, 0.1) is 20.8 Å². The molecule has 0 aliphatic heterocycles. The summed E-state index contributed by atoms with van der Waals surface area (Å²) in [5.74, 6) is 0. The number of unbranched alkanes of at least 4 members (excludes halogenated alkanes) is 2. The van der Waals surface area contributed by atoms with Gasteiger partial charge in [-0.25, -0.2) is 0 Å². The molecule has 0 saturated heterocycles. The number of fused-ring (bicyclic) bond motifs is 1. The Kier molecular flexibility index (Phi) is 5.61. The van der Waals surface area contributed by atoms with Crippen LogP contribution < -0.4 is 0 Å². The summed E-state index contributed by atoms with van der Waals surface area (Å²) in [7, 11) is 2.06. The van der Waals surface area contributed by atoms with Gasteiger partial charge in [-0.2, -0.15) is 5.10 Å². The Bertz CT molecular complexity index is 921. The monoisotopic (exact) mass is 346 g/mol.